The van der Waals surface area contributed by atoms with Crippen molar-refractivity contribution in [3.8, 4) is 5.82 Å². The Labute approximate surface area is 220 Å². The summed E-state index contributed by atoms with van der Waals surface area (Å²) in [7, 11) is 0. The highest BCUT2D eigenvalue weighted by Crippen LogP contribution is 2.42. The van der Waals surface area contributed by atoms with Crippen LogP contribution in [0.4, 0.5) is 22.7 Å². The van der Waals surface area contributed by atoms with E-state index in [0.29, 0.717) is 29.9 Å². The van der Waals surface area contributed by atoms with Crippen LogP contribution in [0.2, 0.25) is 0 Å². The second-order valence-electron chi connectivity index (χ2n) is 10.6. The van der Waals surface area contributed by atoms with E-state index in [-0.39, 0.29) is 17.6 Å². The SMILES string of the molecule is C[C@H]1CN(c2ccncc2NC(=O)c2nc3cc(N4CCNCC4)ccc3cc2N)C[C@@H](N)[C@H]1n1c2cn1-2. The maximum atomic E-state index is 13.5. The minimum absolute atomic E-state index is 0.0214. The topological polar surface area (TPSA) is 135 Å². The number of benzene rings is 1. The maximum Gasteiger partial charge on any atom is 0.276 e. The lowest BCUT2D eigenvalue weighted by molar-refractivity contribution is 0.102. The molecule has 0 radical (unpaired) electrons. The molecule has 1 aromatic carbocycles. The first-order valence-electron chi connectivity index (χ1n) is 13.2. The molecule has 0 unspecified atom stereocenters. The summed E-state index contributed by atoms with van der Waals surface area (Å²) in [6.45, 7) is 7.51. The van der Waals surface area contributed by atoms with Gasteiger partial charge in [-0.2, -0.15) is 0 Å². The number of nitrogens with zero attached hydrogens (tertiary/aromatic N) is 6. The van der Waals surface area contributed by atoms with Gasteiger partial charge >= 0.3 is 0 Å². The average Bonchev–Trinajstić information content (AvgIpc) is 3.84. The van der Waals surface area contributed by atoms with Crippen molar-refractivity contribution in [2.45, 2.75) is 19.0 Å². The van der Waals surface area contributed by atoms with Gasteiger partial charge in [-0.3, -0.25) is 14.5 Å². The van der Waals surface area contributed by atoms with E-state index in [0.717, 1.165) is 55.0 Å². The number of nitrogen functional groups attached to an aromatic ring is 1. The van der Waals surface area contributed by atoms with Gasteiger partial charge < -0.3 is 31.9 Å². The Bertz CT molecular complexity index is 1510. The molecule has 0 saturated carbocycles. The number of carbonyl (C=O) groups excluding carboxylic acids is 1. The van der Waals surface area contributed by atoms with Gasteiger partial charge in [0.2, 0.25) is 0 Å². The van der Waals surface area contributed by atoms with Crippen LogP contribution < -0.4 is 31.9 Å². The molecule has 3 aromatic rings. The number of hydrogen-bond acceptors (Lipinski definition) is 8. The zero-order valence-electron chi connectivity index (χ0n) is 21.3. The van der Waals surface area contributed by atoms with Crippen LogP contribution in [0, 0.1) is 5.92 Å². The third-order valence-corrected chi connectivity index (χ3v) is 7.99. The number of fused-ring (bicyclic) bond motifs is 2. The van der Waals surface area contributed by atoms with Gasteiger partial charge in [-0.05, 0) is 30.2 Å². The van der Waals surface area contributed by atoms with Crippen LogP contribution >= 0.6 is 0 Å². The number of hydrogen-bond donors (Lipinski definition) is 4. The molecule has 1 amide bonds. The molecule has 11 heteroatoms. The summed E-state index contributed by atoms with van der Waals surface area (Å²) >= 11 is 0. The van der Waals surface area contributed by atoms with Gasteiger partial charge in [0.15, 0.2) is 11.5 Å². The highest BCUT2D eigenvalue weighted by molar-refractivity contribution is 6.09. The quantitative estimate of drug-likeness (QED) is 0.280. The van der Waals surface area contributed by atoms with Gasteiger partial charge in [0.05, 0.1) is 41.0 Å². The molecule has 0 spiro atoms. The lowest BCUT2D eigenvalue weighted by atomic mass is 9.90. The van der Waals surface area contributed by atoms with E-state index >= 15 is 0 Å². The molecule has 4 aliphatic rings. The molecule has 4 aliphatic heterocycles. The normalized spacial score (nSPS) is 22.6. The minimum atomic E-state index is -0.359. The third kappa shape index (κ3) is 3.95. The number of rotatable bonds is 5. The molecule has 3 atom stereocenters. The first-order chi connectivity index (χ1) is 18.5. The standard InChI is InChI=1S/C27H32N10O/c1-16-13-35(14-20(29)26(16)37-24-15-36(24)37)23-4-5-31-12-22(23)33-27(38)25-19(28)10-17-2-3-18(11-21(17)32-25)34-8-6-30-7-9-34/h2-5,10-12,15-16,20,26,30H,6-9,13-14,28-29H2,1H3,(H,33,38)/t16-,20+,26-,36?,37?/m0/s1. The van der Waals surface area contributed by atoms with Gasteiger partial charge in [-0.15, -0.1) is 0 Å². The number of nitrogens with two attached hydrogens (primary N) is 2. The smallest absolute Gasteiger partial charge is 0.276 e. The van der Waals surface area contributed by atoms with Gasteiger partial charge in [0.1, 0.15) is 0 Å². The van der Waals surface area contributed by atoms with E-state index in [1.165, 1.54) is 5.82 Å². The van der Waals surface area contributed by atoms with Crippen molar-refractivity contribution in [3.63, 3.8) is 0 Å². The van der Waals surface area contributed by atoms with Gasteiger partial charge in [-0.25, -0.2) is 9.67 Å². The Morgan fingerprint density at radius 2 is 1.95 bits per heavy atom. The second-order valence-corrected chi connectivity index (χ2v) is 10.6. The molecule has 6 N–H and O–H groups in total. The molecule has 7 rings (SSSR count). The van der Waals surface area contributed by atoms with Crippen molar-refractivity contribution in [2.75, 3.05) is 60.1 Å². The van der Waals surface area contributed by atoms with Crippen LogP contribution in [0.1, 0.15) is 23.5 Å². The Morgan fingerprint density at radius 3 is 2.68 bits per heavy atom. The first kappa shape index (κ1) is 23.1. The van der Waals surface area contributed by atoms with Crippen molar-refractivity contribution >= 4 is 39.6 Å². The highest BCUT2D eigenvalue weighted by Gasteiger charge is 2.44. The number of piperidine rings is 1. The fourth-order valence-corrected chi connectivity index (χ4v) is 5.97. The summed E-state index contributed by atoms with van der Waals surface area (Å²) in [5, 5.41) is 7.30. The second kappa shape index (κ2) is 8.74. The van der Waals surface area contributed by atoms with Gasteiger partial charge in [0.25, 0.3) is 5.91 Å². The molecular weight excluding hydrogens is 480 g/mol. The predicted octanol–water partition coefficient (Wildman–Crippen LogP) is 1.80. The van der Waals surface area contributed by atoms with Crippen molar-refractivity contribution in [1.29, 1.82) is 0 Å². The molecule has 38 heavy (non-hydrogen) atoms. The van der Waals surface area contributed by atoms with Crippen molar-refractivity contribution < 1.29 is 4.79 Å². The van der Waals surface area contributed by atoms with Crippen molar-refractivity contribution in [1.82, 2.24) is 24.6 Å². The summed E-state index contributed by atoms with van der Waals surface area (Å²) < 4.78 is 4.44. The van der Waals surface area contributed by atoms with Crippen LogP contribution in [0.15, 0.2) is 48.9 Å². The molecule has 2 fully saturated rings. The molecule has 11 nitrogen and oxygen atoms in total. The zero-order valence-corrected chi connectivity index (χ0v) is 21.3. The van der Waals surface area contributed by atoms with E-state index in [1.54, 1.807) is 12.4 Å². The molecule has 0 aliphatic carbocycles. The zero-order chi connectivity index (χ0) is 26.0. The fourth-order valence-electron chi connectivity index (χ4n) is 5.97. The van der Waals surface area contributed by atoms with E-state index in [1.807, 2.05) is 24.3 Å². The summed E-state index contributed by atoms with van der Waals surface area (Å²) in [5.74, 6) is 1.28. The third-order valence-electron chi connectivity index (χ3n) is 7.99. The van der Waals surface area contributed by atoms with Gasteiger partial charge in [0, 0.05) is 62.6 Å². The van der Waals surface area contributed by atoms with Crippen molar-refractivity contribution in [2.24, 2.45) is 11.7 Å². The van der Waals surface area contributed by atoms with Crippen LogP contribution in [0.25, 0.3) is 16.7 Å². The predicted molar refractivity (Wildman–Crippen MR) is 149 cm³/mol. The molecular formula is C27H32N10O. The lowest BCUT2D eigenvalue weighted by Crippen LogP contribution is -2.52. The Hall–Kier alpha value is -4.09. The van der Waals surface area contributed by atoms with Crippen molar-refractivity contribution in [3.05, 3.63) is 54.6 Å². The first-order valence-corrected chi connectivity index (χ1v) is 13.2. The average molecular weight is 513 g/mol. The van der Waals surface area contributed by atoms with E-state index in [9.17, 15) is 4.79 Å². The molecule has 6 heterocycles. The summed E-state index contributed by atoms with van der Waals surface area (Å²) in [5.41, 5.74) is 16.8. The Kier molecular flexibility index (Phi) is 5.31. The molecule has 0 bridgehead atoms. The maximum absolute atomic E-state index is 13.5. The van der Waals surface area contributed by atoms with E-state index in [4.69, 9.17) is 16.5 Å². The number of anilines is 4. The fraction of sp³-hybridized carbons (Fsp3) is 0.370. The number of amides is 1. The minimum Gasteiger partial charge on any atom is -0.397 e. The highest BCUT2D eigenvalue weighted by atomic mass is 16.1. The van der Waals surface area contributed by atoms with Crippen LogP contribution in [-0.4, -0.2) is 70.5 Å². The number of nitrogens with one attached hydrogen (secondary N) is 2. The lowest BCUT2D eigenvalue weighted by Gasteiger charge is -2.41. The van der Waals surface area contributed by atoms with Crippen LogP contribution in [0.3, 0.4) is 0 Å². The Morgan fingerprint density at radius 1 is 1.13 bits per heavy atom. The number of aromatic nitrogens is 4. The summed E-state index contributed by atoms with van der Waals surface area (Å²) in [6, 6.07) is 10.1. The Balaban J connectivity index is 1.13. The molecule has 2 aromatic heterocycles. The van der Waals surface area contributed by atoms with Gasteiger partial charge in [-0.1, -0.05) is 13.0 Å². The van der Waals surface area contributed by atoms with E-state index < -0.39 is 0 Å². The van der Waals surface area contributed by atoms with Crippen LogP contribution in [-0.2, 0) is 0 Å². The monoisotopic (exact) mass is 512 g/mol. The largest absolute Gasteiger partial charge is 0.397 e. The summed E-state index contributed by atoms with van der Waals surface area (Å²) in [6.07, 6.45) is 5.52. The summed E-state index contributed by atoms with van der Waals surface area (Å²) in [4.78, 5) is 27.0. The van der Waals surface area contributed by atoms with Crippen LogP contribution in [0.5, 0.6) is 0 Å². The molecule has 196 valence electrons. The number of carbonyl (C=O) groups is 1. The number of pyridine rings is 2. The molecule has 2 saturated heterocycles. The number of piperazine rings is 1. The van der Waals surface area contributed by atoms with E-state index in [2.05, 4.69) is 54.0 Å².